The van der Waals surface area contributed by atoms with E-state index < -0.39 is 12.3 Å². The Labute approximate surface area is 81.7 Å². The van der Waals surface area contributed by atoms with E-state index in [1.807, 2.05) is 0 Å². The zero-order chi connectivity index (χ0) is 10.8. The lowest BCUT2D eigenvalue weighted by Crippen LogP contribution is -2.52. The van der Waals surface area contributed by atoms with Gasteiger partial charge in [-0.3, -0.25) is 4.90 Å². The largest absolute Gasteiger partial charge is 0.415 e. The molecule has 84 valence electrons. The van der Waals surface area contributed by atoms with Gasteiger partial charge in [-0.2, -0.15) is 13.2 Å². The van der Waals surface area contributed by atoms with Gasteiger partial charge in [-0.1, -0.05) is 13.3 Å². The van der Waals surface area contributed by atoms with E-state index >= 15 is 0 Å². The minimum atomic E-state index is -4.48. The highest BCUT2D eigenvalue weighted by atomic mass is 19.4. The SMILES string of the molecule is CCCC1CN(CC(O)C(F)(F)F)C1. The standard InChI is InChI=1S/C9H16F3NO/c1-2-3-7-4-13(5-7)6-8(14)9(10,11)12/h7-8,14H,2-6H2,1H3. The molecule has 1 aliphatic heterocycles. The van der Waals surface area contributed by atoms with Crippen molar-refractivity contribution < 1.29 is 18.3 Å². The fourth-order valence-electron chi connectivity index (χ4n) is 1.76. The molecule has 0 amide bonds. The van der Waals surface area contributed by atoms with E-state index in [0.29, 0.717) is 19.0 Å². The van der Waals surface area contributed by atoms with Crippen LogP contribution in [0.25, 0.3) is 0 Å². The first-order valence-corrected chi connectivity index (χ1v) is 4.90. The van der Waals surface area contributed by atoms with Gasteiger partial charge in [-0.05, 0) is 12.3 Å². The predicted molar refractivity (Wildman–Crippen MR) is 46.9 cm³/mol. The van der Waals surface area contributed by atoms with E-state index in [-0.39, 0.29) is 6.54 Å². The van der Waals surface area contributed by atoms with Crippen LogP contribution in [0.5, 0.6) is 0 Å². The van der Waals surface area contributed by atoms with E-state index in [0.717, 1.165) is 12.8 Å². The van der Waals surface area contributed by atoms with E-state index in [1.165, 1.54) is 0 Å². The van der Waals surface area contributed by atoms with Gasteiger partial charge in [0.05, 0.1) is 0 Å². The fourth-order valence-corrected chi connectivity index (χ4v) is 1.76. The summed E-state index contributed by atoms with van der Waals surface area (Å²) in [6.45, 7) is 3.18. The monoisotopic (exact) mass is 211 g/mol. The molecule has 0 radical (unpaired) electrons. The number of rotatable bonds is 4. The Bertz CT molecular complexity index is 177. The van der Waals surface area contributed by atoms with Gasteiger partial charge in [0.1, 0.15) is 0 Å². The van der Waals surface area contributed by atoms with E-state index in [9.17, 15) is 13.2 Å². The minimum absolute atomic E-state index is 0.274. The molecule has 1 fully saturated rings. The number of hydrogen-bond acceptors (Lipinski definition) is 2. The third kappa shape index (κ3) is 3.13. The molecule has 1 unspecified atom stereocenters. The van der Waals surface area contributed by atoms with Gasteiger partial charge < -0.3 is 5.11 Å². The van der Waals surface area contributed by atoms with E-state index in [2.05, 4.69) is 6.92 Å². The summed E-state index contributed by atoms with van der Waals surface area (Å²) in [4.78, 5) is 1.65. The third-order valence-corrected chi connectivity index (χ3v) is 2.54. The molecular formula is C9H16F3NO. The summed E-state index contributed by atoms with van der Waals surface area (Å²) < 4.78 is 35.8. The molecule has 2 nitrogen and oxygen atoms in total. The van der Waals surface area contributed by atoms with Crippen LogP contribution >= 0.6 is 0 Å². The molecule has 0 aliphatic carbocycles. The summed E-state index contributed by atoms with van der Waals surface area (Å²) in [5.41, 5.74) is 0. The van der Waals surface area contributed by atoms with Gasteiger partial charge in [-0.15, -0.1) is 0 Å². The van der Waals surface area contributed by atoms with Crippen molar-refractivity contribution >= 4 is 0 Å². The Morgan fingerprint density at radius 3 is 2.43 bits per heavy atom. The zero-order valence-corrected chi connectivity index (χ0v) is 8.22. The number of hydrogen-bond donors (Lipinski definition) is 1. The number of aliphatic hydroxyl groups excluding tert-OH is 1. The van der Waals surface area contributed by atoms with Crippen molar-refractivity contribution in [1.82, 2.24) is 4.90 Å². The van der Waals surface area contributed by atoms with Crippen molar-refractivity contribution in [3.8, 4) is 0 Å². The van der Waals surface area contributed by atoms with Crippen LogP contribution < -0.4 is 0 Å². The second-order valence-electron chi connectivity index (χ2n) is 3.93. The van der Waals surface area contributed by atoms with Crippen LogP contribution in [0.15, 0.2) is 0 Å². The van der Waals surface area contributed by atoms with Crippen LogP contribution in [-0.4, -0.2) is 41.9 Å². The lowest BCUT2D eigenvalue weighted by molar-refractivity contribution is -0.211. The average molecular weight is 211 g/mol. The van der Waals surface area contributed by atoms with Gasteiger partial charge >= 0.3 is 6.18 Å². The van der Waals surface area contributed by atoms with Crippen LogP contribution in [0.1, 0.15) is 19.8 Å². The lowest BCUT2D eigenvalue weighted by atomic mass is 9.95. The molecule has 1 rings (SSSR count). The highest BCUT2D eigenvalue weighted by Crippen LogP contribution is 2.25. The quantitative estimate of drug-likeness (QED) is 0.764. The number of alkyl halides is 3. The van der Waals surface area contributed by atoms with Crippen molar-refractivity contribution in [3.63, 3.8) is 0 Å². The highest BCUT2D eigenvalue weighted by molar-refractivity contribution is 4.82. The maximum Gasteiger partial charge on any atom is 0.415 e. The summed E-state index contributed by atoms with van der Waals surface area (Å²) in [6, 6.07) is 0. The number of aliphatic hydroxyl groups is 1. The Morgan fingerprint density at radius 2 is 2.00 bits per heavy atom. The van der Waals surface area contributed by atoms with Gasteiger partial charge in [0, 0.05) is 19.6 Å². The summed E-state index contributed by atoms with van der Waals surface area (Å²) >= 11 is 0. The van der Waals surface area contributed by atoms with Crippen molar-refractivity contribution in [2.75, 3.05) is 19.6 Å². The van der Waals surface area contributed by atoms with Crippen molar-refractivity contribution in [2.24, 2.45) is 5.92 Å². The molecule has 0 bridgehead atoms. The molecule has 1 N–H and O–H groups in total. The van der Waals surface area contributed by atoms with Crippen LogP contribution in [0.4, 0.5) is 13.2 Å². The van der Waals surface area contributed by atoms with E-state index in [1.54, 1.807) is 4.90 Å². The second-order valence-corrected chi connectivity index (χ2v) is 3.93. The first-order chi connectivity index (χ1) is 6.43. The zero-order valence-electron chi connectivity index (χ0n) is 8.22. The number of β-amino-alcohol motifs (C(OH)–C–C–N with tert-alkyl or cyclic N) is 1. The van der Waals surface area contributed by atoms with Crippen LogP contribution in [0.3, 0.4) is 0 Å². The summed E-state index contributed by atoms with van der Waals surface area (Å²) in [6.07, 6.45) is -4.53. The van der Waals surface area contributed by atoms with Gasteiger partial charge in [-0.25, -0.2) is 0 Å². The summed E-state index contributed by atoms with van der Waals surface area (Å²) in [5.74, 6) is 0.528. The molecule has 0 spiro atoms. The first kappa shape index (κ1) is 11.8. The summed E-state index contributed by atoms with van der Waals surface area (Å²) in [5, 5.41) is 8.77. The van der Waals surface area contributed by atoms with Crippen LogP contribution in [0, 0.1) is 5.92 Å². The van der Waals surface area contributed by atoms with Crippen molar-refractivity contribution in [1.29, 1.82) is 0 Å². The van der Waals surface area contributed by atoms with Crippen molar-refractivity contribution in [2.45, 2.75) is 32.0 Å². The molecule has 5 heteroatoms. The lowest BCUT2D eigenvalue weighted by Gasteiger charge is -2.40. The van der Waals surface area contributed by atoms with Crippen LogP contribution in [-0.2, 0) is 0 Å². The molecule has 14 heavy (non-hydrogen) atoms. The average Bonchev–Trinajstić information content (AvgIpc) is 1.98. The Kier molecular flexibility index (Phi) is 3.78. The maximum atomic E-state index is 11.9. The van der Waals surface area contributed by atoms with Gasteiger partial charge in [0.15, 0.2) is 6.10 Å². The Morgan fingerprint density at radius 1 is 1.43 bits per heavy atom. The molecule has 1 heterocycles. The van der Waals surface area contributed by atoms with E-state index in [4.69, 9.17) is 5.11 Å². The Balaban J connectivity index is 2.16. The van der Waals surface area contributed by atoms with Gasteiger partial charge in [0.25, 0.3) is 0 Å². The molecular weight excluding hydrogens is 195 g/mol. The second kappa shape index (κ2) is 4.49. The molecule has 0 saturated carbocycles. The number of nitrogens with zero attached hydrogens (tertiary/aromatic N) is 1. The summed E-state index contributed by atoms with van der Waals surface area (Å²) in [7, 11) is 0. The molecule has 0 aromatic heterocycles. The first-order valence-electron chi connectivity index (χ1n) is 4.90. The molecule has 1 saturated heterocycles. The molecule has 1 aliphatic rings. The minimum Gasteiger partial charge on any atom is -0.382 e. The number of halogens is 3. The van der Waals surface area contributed by atoms with Crippen LogP contribution in [0.2, 0.25) is 0 Å². The molecule has 0 aromatic rings. The number of likely N-dealkylation sites (tertiary alicyclic amines) is 1. The maximum absolute atomic E-state index is 11.9. The Hall–Kier alpha value is -0.290. The fraction of sp³-hybridized carbons (Fsp3) is 1.00. The normalized spacial score (nSPS) is 22.1. The highest BCUT2D eigenvalue weighted by Gasteiger charge is 2.41. The smallest absolute Gasteiger partial charge is 0.382 e. The topological polar surface area (TPSA) is 23.5 Å². The third-order valence-electron chi connectivity index (χ3n) is 2.54. The van der Waals surface area contributed by atoms with Gasteiger partial charge in [0.2, 0.25) is 0 Å². The molecule has 1 atom stereocenters. The molecule has 0 aromatic carbocycles. The van der Waals surface area contributed by atoms with Crippen molar-refractivity contribution in [3.05, 3.63) is 0 Å². The predicted octanol–water partition coefficient (Wildman–Crippen LogP) is 1.64.